The van der Waals surface area contributed by atoms with Crippen molar-refractivity contribution in [2.75, 3.05) is 0 Å². The number of benzene rings is 2. The third kappa shape index (κ3) is 2.98. The van der Waals surface area contributed by atoms with Gasteiger partial charge in [0.25, 0.3) is 5.91 Å². The van der Waals surface area contributed by atoms with E-state index in [1.807, 2.05) is 0 Å². The van der Waals surface area contributed by atoms with Crippen molar-refractivity contribution in [1.29, 1.82) is 0 Å². The number of amides is 1. The van der Waals surface area contributed by atoms with E-state index in [1.165, 1.54) is 12.1 Å². The SMILES string of the molecule is Cc1ccc(C2=NC(=O)c3c(-c4ccc(C(F)(F)F)cc4F)[nH]c(O)c32)c(F)c1. The highest BCUT2D eigenvalue weighted by Crippen LogP contribution is 2.40. The number of aromatic amines is 1. The second-order valence-electron chi connectivity index (χ2n) is 6.54. The van der Waals surface area contributed by atoms with Crippen molar-refractivity contribution in [3.8, 4) is 17.1 Å². The van der Waals surface area contributed by atoms with Crippen molar-refractivity contribution < 1.29 is 31.9 Å². The van der Waals surface area contributed by atoms with E-state index in [0.29, 0.717) is 17.7 Å². The number of aryl methyl sites for hydroxylation is 1. The molecule has 1 amide bonds. The number of halogens is 5. The third-order valence-electron chi connectivity index (χ3n) is 4.59. The molecule has 0 radical (unpaired) electrons. The van der Waals surface area contributed by atoms with E-state index in [-0.39, 0.29) is 33.7 Å². The summed E-state index contributed by atoms with van der Waals surface area (Å²) < 4.78 is 67.1. The maximum absolute atomic E-state index is 14.4. The van der Waals surface area contributed by atoms with Crippen LogP contribution in [0.5, 0.6) is 5.88 Å². The number of rotatable bonds is 2. The van der Waals surface area contributed by atoms with E-state index in [0.717, 1.165) is 6.07 Å². The van der Waals surface area contributed by atoms with Crippen LogP contribution in [0.15, 0.2) is 41.4 Å². The Morgan fingerprint density at radius 2 is 1.62 bits per heavy atom. The minimum Gasteiger partial charge on any atom is -0.494 e. The molecule has 0 bridgehead atoms. The maximum Gasteiger partial charge on any atom is 0.416 e. The van der Waals surface area contributed by atoms with Crippen molar-refractivity contribution in [3.63, 3.8) is 0 Å². The summed E-state index contributed by atoms with van der Waals surface area (Å²) in [4.78, 5) is 18.6. The first kappa shape index (κ1) is 18.9. The van der Waals surface area contributed by atoms with Gasteiger partial charge < -0.3 is 10.1 Å². The summed E-state index contributed by atoms with van der Waals surface area (Å²) in [5.74, 6) is -3.36. The first-order valence-electron chi connectivity index (χ1n) is 8.30. The van der Waals surface area contributed by atoms with Crippen molar-refractivity contribution in [1.82, 2.24) is 4.98 Å². The summed E-state index contributed by atoms with van der Waals surface area (Å²) in [6.45, 7) is 1.67. The summed E-state index contributed by atoms with van der Waals surface area (Å²) in [6.07, 6.45) is -4.74. The second kappa shape index (κ2) is 6.26. The smallest absolute Gasteiger partial charge is 0.416 e. The molecule has 148 valence electrons. The van der Waals surface area contributed by atoms with Gasteiger partial charge in [0.2, 0.25) is 0 Å². The minimum absolute atomic E-state index is 0.0450. The van der Waals surface area contributed by atoms with Crippen LogP contribution in [0, 0.1) is 18.6 Å². The molecule has 0 saturated heterocycles. The topological polar surface area (TPSA) is 65.5 Å². The molecular formula is C20H11F5N2O2. The molecule has 0 unspecified atom stereocenters. The van der Waals surface area contributed by atoms with Crippen LogP contribution < -0.4 is 0 Å². The molecule has 1 aliphatic rings. The van der Waals surface area contributed by atoms with Crippen LogP contribution in [0.25, 0.3) is 11.3 Å². The van der Waals surface area contributed by atoms with E-state index in [1.54, 1.807) is 13.0 Å². The summed E-state index contributed by atoms with van der Waals surface area (Å²) in [7, 11) is 0. The van der Waals surface area contributed by atoms with Crippen molar-refractivity contribution in [3.05, 3.63) is 75.8 Å². The van der Waals surface area contributed by atoms with Crippen LogP contribution in [0.4, 0.5) is 22.0 Å². The average molecular weight is 406 g/mol. The lowest BCUT2D eigenvalue weighted by Gasteiger charge is -2.09. The number of aromatic hydroxyl groups is 1. The van der Waals surface area contributed by atoms with Gasteiger partial charge in [0, 0.05) is 11.1 Å². The van der Waals surface area contributed by atoms with Crippen molar-refractivity contribution >= 4 is 11.6 Å². The molecule has 0 spiro atoms. The largest absolute Gasteiger partial charge is 0.494 e. The number of carbonyl (C=O) groups excluding carboxylic acids is 1. The molecule has 29 heavy (non-hydrogen) atoms. The Morgan fingerprint density at radius 3 is 2.24 bits per heavy atom. The Kier molecular flexibility index (Phi) is 4.07. The lowest BCUT2D eigenvalue weighted by Crippen LogP contribution is -2.06. The fraction of sp³-hybridized carbons (Fsp3) is 0.100. The zero-order valence-electron chi connectivity index (χ0n) is 14.7. The second-order valence-corrected chi connectivity index (χ2v) is 6.54. The Morgan fingerprint density at radius 1 is 0.966 bits per heavy atom. The first-order valence-corrected chi connectivity index (χ1v) is 8.30. The fourth-order valence-corrected chi connectivity index (χ4v) is 3.25. The molecule has 2 N–H and O–H groups in total. The van der Waals surface area contributed by atoms with Gasteiger partial charge in [0.15, 0.2) is 5.88 Å². The molecule has 4 rings (SSSR count). The first-order chi connectivity index (χ1) is 13.6. The van der Waals surface area contributed by atoms with E-state index < -0.39 is 35.2 Å². The van der Waals surface area contributed by atoms with Crippen molar-refractivity contribution in [2.24, 2.45) is 4.99 Å². The highest BCUT2D eigenvalue weighted by molar-refractivity contribution is 6.30. The van der Waals surface area contributed by atoms with Crippen LogP contribution in [-0.2, 0) is 6.18 Å². The number of hydrogen-bond donors (Lipinski definition) is 2. The molecule has 1 aliphatic heterocycles. The van der Waals surface area contributed by atoms with Crippen LogP contribution in [0.3, 0.4) is 0 Å². The summed E-state index contributed by atoms with van der Waals surface area (Å²) in [5.41, 5.74) is -1.73. The van der Waals surface area contributed by atoms with Crippen LogP contribution >= 0.6 is 0 Å². The lowest BCUT2D eigenvalue weighted by molar-refractivity contribution is -0.137. The van der Waals surface area contributed by atoms with Gasteiger partial charge in [0.05, 0.1) is 28.1 Å². The van der Waals surface area contributed by atoms with Gasteiger partial charge in [-0.15, -0.1) is 0 Å². The van der Waals surface area contributed by atoms with Gasteiger partial charge in [-0.2, -0.15) is 13.2 Å². The van der Waals surface area contributed by atoms with Crippen LogP contribution in [-0.4, -0.2) is 21.7 Å². The molecule has 1 aromatic heterocycles. The summed E-state index contributed by atoms with van der Waals surface area (Å²) in [5, 5.41) is 10.3. The molecule has 0 atom stereocenters. The predicted molar refractivity (Wildman–Crippen MR) is 94.0 cm³/mol. The number of H-pyrrole nitrogens is 1. The number of fused-ring (bicyclic) bond motifs is 1. The predicted octanol–water partition coefficient (Wildman–Crippen LogP) is 4.98. The molecular weight excluding hydrogens is 395 g/mol. The van der Waals surface area contributed by atoms with E-state index >= 15 is 0 Å². The zero-order valence-corrected chi connectivity index (χ0v) is 14.7. The monoisotopic (exact) mass is 406 g/mol. The van der Waals surface area contributed by atoms with Gasteiger partial charge in [-0.1, -0.05) is 6.07 Å². The van der Waals surface area contributed by atoms with Gasteiger partial charge in [-0.05, 0) is 42.8 Å². The minimum atomic E-state index is -4.74. The van der Waals surface area contributed by atoms with Crippen LogP contribution in [0.1, 0.15) is 32.6 Å². The highest BCUT2D eigenvalue weighted by Gasteiger charge is 2.36. The van der Waals surface area contributed by atoms with E-state index in [9.17, 15) is 31.9 Å². The molecule has 2 heterocycles. The molecule has 0 fully saturated rings. The van der Waals surface area contributed by atoms with E-state index in [4.69, 9.17) is 0 Å². The molecule has 0 saturated carbocycles. The number of nitrogens with zero attached hydrogens (tertiary/aromatic N) is 1. The highest BCUT2D eigenvalue weighted by atomic mass is 19.4. The molecule has 3 aromatic rings. The van der Waals surface area contributed by atoms with Crippen molar-refractivity contribution in [2.45, 2.75) is 13.1 Å². The number of nitrogens with one attached hydrogen (secondary N) is 1. The third-order valence-corrected chi connectivity index (χ3v) is 4.59. The lowest BCUT2D eigenvalue weighted by atomic mass is 9.98. The number of hydrogen-bond acceptors (Lipinski definition) is 2. The Balaban J connectivity index is 1.87. The zero-order chi connectivity index (χ0) is 21.1. The number of alkyl halides is 3. The van der Waals surface area contributed by atoms with Gasteiger partial charge in [-0.25, -0.2) is 13.8 Å². The van der Waals surface area contributed by atoms with Gasteiger partial charge >= 0.3 is 6.18 Å². The molecule has 4 nitrogen and oxygen atoms in total. The fourth-order valence-electron chi connectivity index (χ4n) is 3.25. The number of aliphatic imine (C=N–C) groups is 1. The average Bonchev–Trinajstić information content (AvgIpc) is 3.13. The van der Waals surface area contributed by atoms with E-state index in [2.05, 4.69) is 9.98 Å². The summed E-state index contributed by atoms with van der Waals surface area (Å²) >= 11 is 0. The number of aromatic nitrogens is 1. The quantitative estimate of drug-likeness (QED) is 0.590. The standard InChI is InChI=1S/C20H11F5N2O2/c1-8-2-4-10(12(21)6-8)16-14-15(19(29)26-16)17(27-18(14)28)11-5-3-9(7-13(11)22)20(23,24)25/h2-7,27-28H,1H3. The number of carbonyl (C=O) groups is 1. The Labute approximate surface area is 160 Å². The Hall–Kier alpha value is -3.49. The van der Waals surface area contributed by atoms with Gasteiger partial charge in [-0.3, -0.25) is 4.79 Å². The molecule has 9 heteroatoms. The molecule has 0 aliphatic carbocycles. The summed E-state index contributed by atoms with van der Waals surface area (Å²) in [6, 6.07) is 5.99. The van der Waals surface area contributed by atoms with Crippen LogP contribution in [0.2, 0.25) is 0 Å². The van der Waals surface area contributed by atoms with Gasteiger partial charge in [0.1, 0.15) is 11.6 Å². The Bertz CT molecular complexity index is 1210. The molecule has 2 aromatic carbocycles. The maximum atomic E-state index is 14.4. The normalized spacial score (nSPS) is 13.6.